The summed E-state index contributed by atoms with van der Waals surface area (Å²) in [6, 6.07) is -0.107. The van der Waals surface area contributed by atoms with E-state index >= 15 is 0 Å². The first-order valence-corrected chi connectivity index (χ1v) is 6.04. The molecule has 0 aromatic carbocycles. The summed E-state index contributed by atoms with van der Waals surface area (Å²) < 4.78 is 5.18. The van der Waals surface area contributed by atoms with Crippen LogP contribution in [0.15, 0.2) is 0 Å². The van der Waals surface area contributed by atoms with Crippen LogP contribution in [0.5, 0.6) is 0 Å². The normalized spacial score (nSPS) is 24.2. The highest BCUT2D eigenvalue weighted by atomic mass is 16.6. The van der Waals surface area contributed by atoms with Gasteiger partial charge in [0.2, 0.25) is 5.91 Å². The van der Waals surface area contributed by atoms with E-state index in [0.29, 0.717) is 0 Å². The van der Waals surface area contributed by atoms with E-state index in [1.165, 1.54) is 0 Å². The lowest BCUT2D eigenvalue weighted by Crippen LogP contribution is -2.45. The fourth-order valence-corrected chi connectivity index (χ4v) is 2.09. The molecule has 5 nitrogen and oxygen atoms in total. The van der Waals surface area contributed by atoms with Crippen molar-refractivity contribution in [3.63, 3.8) is 0 Å². The Kier molecular flexibility index (Phi) is 4.37. The van der Waals surface area contributed by atoms with E-state index in [0.717, 1.165) is 19.3 Å². The predicted octanol–water partition coefficient (Wildman–Crippen LogP) is 1.43. The summed E-state index contributed by atoms with van der Waals surface area (Å²) in [4.78, 5) is 23.2. The van der Waals surface area contributed by atoms with Crippen LogP contribution in [0, 0.1) is 5.92 Å². The first-order valence-electron chi connectivity index (χ1n) is 6.04. The maximum absolute atomic E-state index is 11.6. The minimum Gasteiger partial charge on any atom is -0.444 e. The van der Waals surface area contributed by atoms with Crippen molar-refractivity contribution < 1.29 is 14.3 Å². The average molecular weight is 242 g/mol. The Balaban J connectivity index is 2.50. The smallest absolute Gasteiger partial charge is 0.407 e. The minimum atomic E-state index is -0.509. The molecule has 0 aliphatic heterocycles. The first-order chi connectivity index (χ1) is 7.83. The zero-order chi connectivity index (χ0) is 13.1. The highest BCUT2D eigenvalue weighted by molar-refractivity contribution is 5.80. The Morgan fingerprint density at radius 2 is 1.88 bits per heavy atom. The molecule has 1 fully saturated rings. The molecular weight excluding hydrogens is 220 g/mol. The van der Waals surface area contributed by atoms with Gasteiger partial charge in [0.1, 0.15) is 5.60 Å². The number of hydrogen-bond donors (Lipinski definition) is 2. The molecule has 0 aromatic rings. The average Bonchev–Trinajstić information content (AvgIpc) is 2.61. The molecule has 17 heavy (non-hydrogen) atoms. The van der Waals surface area contributed by atoms with Crippen molar-refractivity contribution in [3.8, 4) is 0 Å². The van der Waals surface area contributed by atoms with Gasteiger partial charge in [-0.1, -0.05) is 6.42 Å². The van der Waals surface area contributed by atoms with E-state index in [2.05, 4.69) is 10.6 Å². The second kappa shape index (κ2) is 5.38. The summed E-state index contributed by atoms with van der Waals surface area (Å²) in [7, 11) is 1.62. The Bertz CT molecular complexity index is 297. The van der Waals surface area contributed by atoms with Gasteiger partial charge in [-0.3, -0.25) is 4.79 Å². The quantitative estimate of drug-likeness (QED) is 0.769. The molecule has 2 amide bonds. The third-order valence-corrected chi connectivity index (χ3v) is 2.80. The molecule has 5 heteroatoms. The van der Waals surface area contributed by atoms with E-state index in [1.54, 1.807) is 7.05 Å². The lowest BCUT2D eigenvalue weighted by Gasteiger charge is -2.24. The molecule has 0 saturated heterocycles. The molecule has 0 spiro atoms. The molecule has 1 aliphatic rings. The first kappa shape index (κ1) is 13.8. The second-order valence-electron chi connectivity index (χ2n) is 5.40. The Hall–Kier alpha value is -1.26. The van der Waals surface area contributed by atoms with Crippen molar-refractivity contribution >= 4 is 12.0 Å². The van der Waals surface area contributed by atoms with Gasteiger partial charge >= 0.3 is 6.09 Å². The number of nitrogens with one attached hydrogen (secondary N) is 2. The van der Waals surface area contributed by atoms with Crippen LogP contribution in [0.25, 0.3) is 0 Å². The number of alkyl carbamates (subject to hydrolysis) is 1. The van der Waals surface area contributed by atoms with Gasteiger partial charge in [0.25, 0.3) is 0 Å². The third-order valence-electron chi connectivity index (χ3n) is 2.80. The predicted molar refractivity (Wildman–Crippen MR) is 64.6 cm³/mol. The summed E-state index contributed by atoms with van der Waals surface area (Å²) in [5, 5.41) is 5.41. The number of amides is 2. The number of ether oxygens (including phenoxy) is 1. The van der Waals surface area contributed by atoms with Crippen molar-refractivity contribution in [1.29, 1.82) is 0 Å². The molecule has 0 heterocycles. The summed E-state index contributed by atoms with van der Waals surface area (Å²) in [5.74, 6) is -0.143. The zero-order valence-electron chi connectivity index (χ0n) is 11.0. The van der Waals surface area contributed by atoms with Gasteiger partial charge in [-0.15, -0.1) is 0 Å². The molecule has 2 N–H and O–H groups in total. The molecule has 1 saturated carbocycles. The molecule has 2 atom stereocenters. The van der Waals surface area contributed by atoms with Gasteiger partial charge in [0.05, 0.1) is 5.92 Å². The lowest BCUT2D eigenvalue weighted by molar-refractivity contribution is -0.124. The summed E-state index contributed by atoms with van der Waals surface area (Å²) >= 11 is 0. The van der Waals surface area contributed by atoms with Crippen LogP contribution < -0.4 is 10.6 Å². The fourth-order valence-electron chi connectivity index (χ4n) is 2.09. The molecule has 1 aliphatic carbocycles. The van der Waals surface area contributed by atoms with E-state index in [-0.39, 0.29) is 17.9 Å². The monoisotopic (exact) mass is 242 g/mol. The topological polar surface area (TPSA) is 67.4 Å². The van der Waals surface area contributed by atoms with Crippen LogP contribution in [0.2, 0.25) is 0 Å². The SMILES string of the molecule is CNC(=O)[C@H]1CCC[C@H]1NC(=O)OC(C)(C)C. The van der Waals surface area contributed by atoms with Crippen LogP contribution >= 0.6 is 0 Å². The molecule has 0 radical (unpaired) electrons. The van der Waals surface area contributed by atoms with Gasteiger partial charge < -0.3 is 15.4 Å². The second-order valence-corrected chi connectivity index (χ2v) is 5.40. The highest BCUT2D eigenvalue weighted by Gasteiger charge is 2.34. The molecule has 98 valence electrons. The Morgan fingerprint density at radius 1 is 1.24 bits per heavy atom. The Morgan fingerprint density at radius 3 is 2.41 bits per heavy atom. The number of hydrogen-bond acceptors (Lipinski definition) is 3. The van der Waals surface area contributed by atoms with Crippen molar-refractivity contribution in [2.45, 2.75) is 51.7 Å². The van der Waals surface area contributed by atoms with Crippen LogP contribution in [0.1, 0.15) is 40.0 Å². The molecule has 0 unspecified atom stereocenters. The van der Waals surface area contributed by atoms with E-state index in [1.807, 2.05) is 20.8 Å². The van der Waals surface area contributed by atoms with E-state index in [4.69, 9.17) is 4.74 Å². The van der Waals surface area contributed by atoms with Gasteiger partial charge in [-0.25, -0.2) is 4.79 Å². The van der Waals surface area contributed by atoms with E-state index < -0.39 is 11.7 Å². The summed E-state index contributed by atoms with van der Waals surface area (Å²) in [6.45, 7) is 5.45. The molecule has 1 rings (SSSR count). The summed E-state index contributed by atoms with van der Waals surface area (Å²) in [5.41, 5.74) is -0.509. The molecule has 0 bridgehead atoms. The van der Waals surface area contributed by atoms with Crippen LogP contribution in [-0.2, 0) is 9.53 Å². The number of rotatable bonds is 2. The van der Waals surface area contributed by atoms with Gasteiger partial charge in [-0.05, 0) is 33.6 Å². The van der Waals surface area contributed by atoms with E-state index in [9.17, 15) is 9.59 Å². The third kappa shape index (κ3) is 4.24. The standard InChI is InChI=1S/C12H22N2O3/c1-12(2,3)17-11(16)14-9-7-5-6-8(9)10(15)13-4/h8-9H,5-7H2,1-4H3,(H,13,15)(H,14,16)/t8-,9+/m0/s1. The largest absolute Gasteiger partial charge is 0.444 e. The van der Waals surface area contributed by atoms with Crippen LogP contribution in [0.3, 0.4) is 0 Å². The van der Waals surface area contributed by atoms with Gasteiger partial charge in [-0.2, -0.15) is 0 Å². The minimum absolute atomic E-state index is 0.0106. The number of carbonyl (C=O) groups is 2. The maximum atomic E-state index is 11.6. The van der Waals surface area contributed by atoms with Crippen LogP contribution in [-0.4, -0.2) is 30.7 Å². The lowest BCUT2D eigenvalue weighted by atomic mass is 10.0. The Labute approximate surface area is 102 Å². The van der Waals surface area contributed by atoms with Crippen LogP contribution in [0.4, 0.5) is 4.79 Å². The van der Waals surface area contributed by atoms with Crippen molar-refractivity contribution in [2.75, 3.05) is 7.05 Å². The van der Waals surface area contributed by atoms with Gasteiger partial charge in [0.15, 0.2) is 0 Å². The highest BCUT2D eigenvalue weighted by Crippen LogP contribution is 2.26. The van der Waals surface area contributed by atoms with Gasteiger partial charge in [0, 0.05) is 13.1 Å². The fraction of sp³-hybridized carbons (Fsp3) is 0.833. The van der Waals surface area contributed by atoms with Crippen molar-refractivity contribution in [2.24, 2.45) is 5.92 Å². The zero-order valence-corrected chi connectivity index (χ0v) is 11.0. The van der Waals surface area contributed by atoms with Crippen molar-refractivity contribution in [1.82, 2.24) is 10.6 Å². The number of carbonyl (C=O) groups excluding carboxylic acids is 2. The maximum Gasteiger partial charge on any atom is 0.407 e. The summed E-state index contributed by atoms with van der Waals surface area (Å²) in [6.07, 6.45) is 2.16. The molecule has 0 aromatic heterocycles. The molecular formula is C12H22N2O3. The van der Waals surface area contributed by atoms with Crippen molar-refractivity contribution in [3.05, 3.63) is 0 Å².